The number of aryl methyl sites for hydroxylation is 1. The van der Waals surface area contributed by atoms with Gasteiger partial charge in [-0.15, -0.1) is 0 Å². The molecule has 1 N–H and O–H groups in total. The quantitative estimate of drug-likeness (QED) is 0.280. The second-order valence-electron chi connectivity index (χ2n) is 8.33. The van der Waals surface area contributed by atoms with Gasteiger partial charge in [-0.25, -0.2) is 8.42 Å². The lowest BCUT2D eigenvalue weighted by Gasteiger charge is -2.23. The van der Waals surface area contributed by atoms with E-state index in [9.17, 15) is 23.3 Å². The smallest absolute Gasteiger partial charge is 0.307 e. The molecule has 0 spiro atoms. The van der Waals surface area contributed by atoms with Crippen molar-refractivity contribution in [2.75, 3.05) is 0 Å². The van der Waals surface area contributed by atoms with Crippen molar-refractivity contribution < 1.29 is 23.2 Å². The minimum Gasteiger partial charge on any atom is -0.481 e. The molecule has 0 fully saturated rings. The molecule has 0 aliphatic heterocycles. The maximum atomic E-state index is 13.6. The average molecular weight is 497 g/mol. The van der Waals surface area contributed by atoms with Crippen molar-refractivity contribution in [3.63, 3.8) is 0 Å². The Bertz CT molecular complexity index is 1270. The zero-order chi connectivity index (χ0) is 25.4. The lowest BCUT2D eigenvalue weighted by molar-refractivity contribution is -0.384. The molecule has 0 heterocycles. The van der Waals surface area contributed by atoms with E-state index in [-0.39, 0.29) is 30.1 Å². The molecule has 0 atom stereocenters. The van der Waals surface area contributed by atoms with Crippen molar-refractivity contribution in [3.05, 3.63) is 105 Å². The monoisotopic (exact) mass is 496 g/mol. The van der Waals surface area contributed by atoms with Crippen LogP contribution in [-0.2, 0) is 40.7 Å². The zero-order valence-corrected chi connectivity index (χ0v) is 20.3. The lowest BCUT2D eigenvalue weighted by Crippen LogP contribution is -2.30. The molecule has 0 bridgehead atoms. The molecule has 9 heteroatoms. The van der Waals surface area contributed by atoms with Crippen LogP contribution in [0.1, 0.15) is 42.0 Å². The van der Waals surface area contributed by atoms with Gasteiger partial charge < -0.3 is 5.11 Å². The van der Waals surface area contributed by atoms with Gasteiger partial charge in [0.2, 0.25) is 10.0 Å². The normalized spacial score (nSPS) is 11.5. The number of rotatable bonds is 12. The second-order valence-corrected chi connectivity index (χ2v) is 10.3. The van der Waals surface area contributed by atoms with Gasteiger partial charge in [0.15, 0.2) is 0 Å². The van der Waals surface area contributed by atoms with Crippen molar-refractivity contribution in [1.82, 2.24) is 4.31 Å². The highest BCUT2D eigenvalue weighted by Crippen LogP contribution is 2.24. The number of aliphatic carboxylic acids is 1. The topological polar surface area (TPSA) is 118 Å². The summed E-state index contributed by atoms with van der Waals surface area (Å²) >= 11 is 0. The first-order valence-corrected chi connectivity index (χ1v) is 12.7. The Hall–Kier alpha value is -3.56. The van der Waals surface area contributed by atoms with E-state index >= 15 is 0 Å². The summed E-state index contributed by atoms with van der Waals surface area (Å²) in [5.41, 5.74) is 3.01. The van der Waals surface area contributed by atoms with Crippen LogP contribution in [0.3, 0.4) is 0 Å². The lowest BCUT2D eigenvalue weighted by atomic mass is 10.1. The van der Waals surface area contributed by atoms with Gasteiger partial charge >= 0.3 is 5.97 Å². The first-order valence-electron chi connectivity index (χ1n) is 11.3. The van der Waals surface area contributed by atoms with E-state index in [0.717, 1.165) is 24.8 Å². The van der Waals surface area contributed by atoms with Gasteiger partial charge in [0, 0.05) is 25.2 Å². The predicted molar refractivity (Wildman–Crippen MR) is 132 cm³/mol. The molecule has 0 saturated heterocycles. The van der Waals surface area contributed by atoms with Gasteiger partial charge in [0.25, 0.3) is 5.69 Å². The third-order valence-electron chi connectivity index (χ3n) is 5.59. The van der Waals surface area contributed by atoms with Crippen LogP contribution in [0.4, 0.5) is 5.69 Å². The van der Waals surface area contributed by atoms with Crippen LogP contribution in [0, 0.1) is 10.1 Å². The third-order valence-corrected chi connectivity index (χ3v) is 7.40. The fourth-order valence-corrected chi connectivity index (χ4v) is 5.14. The number of non-ortho nitro benzene ring substituents is 1. The largest absolute Gasteiger partial charge is 0.481 e. The molecular weight excluding hydrogens is 468 g/mol. The third kappa shape index (κ3) is 7.21. The highest BCUT2D eigenvalue weighted by molar-refractivity contribution is 7.89. The highest BCUT2D eigenvalue weighted by Gasteiger charge is 2.26. The van der Waals surface area contributed by atoms with E-state index in [4.69, 9.17) is 5.11 Å². The number of hydrogen-bond acceptors (Lipinski definition) is 5. The van der Waals surface area contributed by atoms with Crippen molar-refractivity contribution in [3.8, 4) is 0 Å². The number of carboxylic acids is 1. The molecule has 3 rings (SSSR count). The fraction of sp³-hybridized carbons (Fsp3) is 0.269. The molecule has 0 unspecified atom stereocenters. The zero-order valence-electron chi connectivity index (χ0n) is 19.5. The Kier molecular flexibility index (Phi) is 8.73. The Labute approximate surface area is 205 Å². The number of benzene rings is 3. The summed E-state index contributed by atoms with van der Waals surface area (Å²) < 4.78 is 28.4. The minimum atomic E-state index is -4.01. The Balaban J connectivity index is 1.93. The van der Waals surface area contributed by atoms with Gasteiger partial charge in [-0.2, -0.15) is 4.31 Å². The summed E-state index contributed by atoms with van der Waals surface area (Å²) in [4.78, 5) is 21.5. The van der Waals surface area contributed by atoms with Crippen LogP contribution in [0.5, 0.6) is 0 Å². The summed E-state index contributed by atoms with van der Waals surface area (Å²) in [6.07, 6.45) is 2.96. The Morgan fingerprint density at radius 2 is 1.51 bits per heavy atom. The summed E-state index contributed by atoms with van der Waals surface area (Å²) in [7, 11) is -4.01. The number of nitro benzene ring substituents is 1. The number of carbonyl (C=O) groups is 1. The number of nitrogens with zero attached hydrogens (tertiary/aromatic N) is 2. The molecule has 0 aliphatic rings. The van der Waals surface area contributed by atoms with E-state index in [2.05, 4.69) is 6.92 Å². The molecule has 184 valence electrons. The highest BCUT2D eigenvalue weighted by atomic mass is 32.2. The number of unbranched alkanes of at least 4 members (excludes halogenated alkanes) is 1. The van der Waals surface area contributed by atoms with Crippen LogP contribution in [0.15, 0.2) is 77.7 Å². The van der Waals surface area contributed by atoms with Gasteiger partial charge in [-0.05, 0) is 47.2 Å². The number of sulfonamides is 1. The molecule has 0 radical (unpaired) electrons. The molecule has 35 heavy (non-hydrogen) atoms. The minimum absolute atomic E-state index is 0.0182. The summed E-state index contributed by atoms with van der Waals surface area (Å²) in [6, 6.07) is 19.4. The number of nitro groups is 1. The summed E-state index contributed by atoms with van der Waals surface area (Å²) in [6.45, 7) is 2.24. The van der Waals surface area contributed by atoms with Crippen LogP contribution in [0.25, 0.3) is 0 Å². The molecule has 3 aromatic carbocycles. The Morgan fingerprint density at radius 1 is 0.914 bits per heavy atom. The molecule has 0 saturated carbocycles. The van der Waals surface area contributed by atoms with Crippen molar-refractivity contribution in [1.29, 1.82) is 0 Å². The molecule has 0 amide bonds. The molecule has 0 aromatic heterocycles. The maximum Gasteiger partial charge on any atom is 0.307 e. The van der Waals surface area contributed by atoms with E-state index in [1.807, 2.05) is 24.3 Å². The maximum absolute atomic E-state index is 13.6. The standard InChI is InChI=1S/C26H28N2O6S/c1-2-3-5-20-8-10-21(11-9-20)18-27(19-23-7-4-6-22(16-23)17-26(29)30)35(33,34)25-14-12-24(13-15-25)28(31)32/h4,6-16H,2-3,5,17-19H2,1H3,(H,29,30). The molecule has 0 aliphatic carbocycles. The summed E-state index contributed by atoms with van der Waals surface area (Å²) in [5, 5.41) is 20.1. The SMILES string of the molecule is CCCCc1ccc(CN(Cc2cccc(CC(=O)O)c2)S(=O)(=O)c2ccc([N+](=O)[O-])cc2)cc1. The van der Waals surface area contributed by atoms with Gasteiger partial charge in [0.05, 0.1) is 16.2 Å². The van der Waals surface area contributed by atoms with E-state index in [1.165, 1.54) is 34.1 Å². The van der Waals surface area contributed by atoms with Crippen molar-refractivity contribution in [2.24, 2.45) is 0 Å². The van der Waals surface area contributed by atoms with Crippen LogP contribution in [0.2, 0.25) is 0 Å². The second kappa shape index (κ2) is 11.7. The Morgan fingerprint density at radius 3 is 2.11 bits per heavy atom. The molecule has 3 aromatic rings. The number of hydrogen-bond donors (Lipinski definition) is 1. The van der Waals surface area contributed by atoms with Crippen molar-refractivity contribution >= 4 is 21.7 Å². The van der Waals surface area contributed by atoms with Crippen LogP contribution >= 0.6 is 0 Å². The van der Waals surface area contributed by atoms with Gasteiger partial charge in [-0.3, -0.25) is 14.9 Å². The van der Waals surface area contributed by atoms with Crippen LogP contribution < -0.4 is 0 Å². The van der Waals surface area contributed by atoms with Crippen molar-refractivity contribution in [2.45, 2.75) is 50.6 Å². The van der Waals surface area contributed by atoms with Crippen LogP contribution in [-0.4, -0.2) is 28.7 Å². The van der Waals surface area contributed by atoms with E-state index < -0.39 is 20.9 Å². The predicted octanol–water partition coefficient (Wildman–Crippen LogP) is 4.96. The number of carboxylic acid groups (broad SMARTS) is 1. The average Bonchev–Trinajstić information content (AvgIpc) is 2.83. The van der Waals surface area contributed by atoms with Gasteiger partial charge in [0.1, 0.15) is 0 Å². The molecular formula is C26H28N2O6S. The first-order chi connectivity index (χ1) is 16.7. The summed E-state index contributed by atoms with van der Waals surface area (Å²) in [5.74, 6) is -0.972. The van der Waals surface area contributed by atoms with Gasteiger partial charge in [-0.1, -0.05) is 61.9 Å². The first kappa shape index (κ1) is 26.1. The fourth-order valence-electron chi connectivity index (χ4n) is 3.73. The molecule has 8 nitrogen and oxygen atoms in total. The van der Waals surface area contributed by atoms with E-state index in [1.54, 1.807) is 24.3 Å². The van der Waals surface area contributed by atoms with E-state index in [0.29, 0.717) is 11.1 Å².